The first-order valence-electron chi connectivity index (χ1n) is 5.24. The van der Waals surface area contributed by atoms with Gasteiger partial charge in [-0.1, -0.05) is 25.4 Å². The summed E-state index contributed by atoms with van der Waals surface area (Å²) in [5.74, 6) is 0.127. The third-order valence-electron chi connectivity index (χ3n) is 1.99. The number of halogens is 1. The van der Waals surface area contributed by atoms with E-state index < -0.39 is 5.97 Å². The van der Waals surface area contributed by atoms with Gasteiger partial charge in [-0.25, -0.2) is 14.8 Å². The van der Waals surface area contributed by atoms with E-state index in [1.165, 1.54) is 13.3 Å². The van der Waals surface area contributed by atoms with Gasteiger partial charge in [0.25, 0.3) is 0 Å². The van der Waals surface area contributed by atoms with Crippen molar-refractivity contribution in [1.82, 2.24) is 9.97 Å². The van der Waals surface area contributed by atoms with Crippen LogP contribution in [0.3, 0.4) is 0 Å². The van der Waals surface area contributed by atoms with Crippen LogP contribution in [0.15, 0.2) is 6.20 Å². The van der Waals surface area contributed by atoms with Crippen molar-refractivity contribution in [1.29, 1.82) is 0 Å². The molecule has 1 aromatic heterocycles. The van der Waals surface area contributed by atoms with E-state index in [0.29, 0.717) is 12.4 Å². The van der Waals surface area contributed by atoms with E-state index in [2.05, 4.69) is 9.97 Å². The Balaban J connectivity index is 2.81. The molecule has 0 amide bonds. The Kier molecular flexibility index (Phi) is 5.31. The Morgan fingerprint density at radius 3 is 2.76 bits per heavy atom. The van der Waals surface area contributed by atoms with Gasteiger partial charge in [-0.05, 0) is 0 Å². The van der Waals surface area contributed by atoms with E-state index in [-0.39, 0.29) is 23.2 Å². The molecule has 0 fully saturated rings. The summed E-state index contributed by atoms with van der Waals surface area (Å²) >= 11 is 5.85. The number of nitrogens with zero attached hydrogens (tertiary/aromatic N) is 2. The number of methoxy groups -OCH3 is 1. The van der Waals surface area contributed by atoms with Gasteiger partial charge in [0.2, 0.25) is 0 Å². The molecule has 1 rings (SSSR count). The van der Waals surface area contributed by atoms with E-state index in [0.717, 1.165) is 0 Å². The van der Waals surface area contributed by atoms with Crippen LogP contribution in [-0.2, 0) is 9.47 Å². The molecule has 17 heavy (non-hydrogen) atoms. The second kappa shape index (κ2) is 6.51. The fourth-order valence-corrected chi connectivity index (χ4v) is 1.26. The molecule has 0 radical (unpaired) electrons. The van der Waals surface area contributed by atoms with Crippen molar-refractivity contribution in [2.75, 3.05) is 20.3 Å². The van der Waals surface area contributed by atoms with Crippen LogP contribution in [0.1, 0.15) is 36.1 Å². The number of ether oxygens (including phenoxy) is 2. The summed E-state index contributed by atoms with van der Waals surface area (Å²) in [5, 5.41) is 0.191. The number of aromatic nitrogens is 2. The van der Waals surface area contributed by atoms with Crippen LogP contribution >= 0.6 is 11.6 Å². The smallest absolute Gasteiger partial charge is 0.358 e. The summed E-state index contributed by atoms with van der Waals surface area (Å²) in [4.78, 5) is 19.8. The number of hydrogen-bond donors (Lipinski definition) is 0. The zero-order valence-corrected chi connectivity index (χ0v) is 10.8. The number of carbonyl (C=O) groups is 1. The molecule has 94 valence electrons. The van der Waals surface area contributed by atoms with Crippen molar-refractivity contribution in [2.45, 2.75) is 19.8 Å². The molecule has 0 aliphatic rings. The molecule has 0 aromatic carbocycles. The van der Waals surface area contributed by atoms with E-state index in [9.17, 15) is 4.79 Å². The van der Waals surface area contributed by atoms with Gasteiger partial charge < -0.3 is 9.47 Å². The highest BCUT2D eigenvalue weighted by Crippen LogP contribution is 2.17. The fraction of sp³-hybridized carbons (Fsp3) is 0.545. The summed E-state index contributed by atoms with van der Waals surface area (Å²) in [7, 11) is 1.53. The minimum atomic E-state index is -0.559. The largest absolute Gasteiger partial charge is 0.458 e. The van der Waals surface area contributed by atoms with Crippen LogP contribution in [0.2, 0.25) is 5.02 Å². The van der Waals surface area contributed by atoms with Gasteiger partial charge >= 0.3 is 5.97 Å². The van der Waals surface area contributed by atoms with Crippen molar-refractivity contribution in [2.24, 2.45) is 0 Å². The average molecular weight is 259 g/mol. The van der Waals surface area contributed by atoms with E-state index >= 15 is 0 Å². The monoisotopic (exact) mass is 258 g/mol. The highest BCUT2D eigenvalue weighted by Gasteiger charge is 2.16. The number of rotatable bonds is 5. The molecule has 0 atom stereocenters. The van der Waals surface area contributed by atoms with Crippen molar-refractivity contribution >= 4 is 17.6 Å². The summed E-state index contributed by atoms with van der Waals surface area (Å²) in [6.45, 7) is 4.38. The lowest BCUT2D eigenvalue weighted by Crippen LogP contribution is -2.14. The lowest BCUT2D eigenvalue weighted by Gasteiger charge is -2.08. The third-order valence-corrected chi connectivity index (χ3v) is 2.27. The Labute approximate surface area is 105 Å². The first-order valence-corrected chi connectivity index (χ1v) is 5.62. The van der Waals surface area contributed by atoms with Crippen LogP contribution in [0.25, 0.3) is 0 Å². The molecule has 0 spiro atoms. The Morgan fingerprint density at radius 2 is 2.18 bits per heavy atom. The maximum Gasteiger partial charge on any atom is 0.358 e. The lowest BCUT2D eigenvalue weighted by atomic mass is 10.2. The molecule has 0 aliphatic carbocycles. The van der Waals surface area contributed by atoms with Crippen molar-refractivity contribution in [3.63, 3.8) is 0 Å². The van der Waals surface area contributed by atoms with Crippen molar-refractivity contribution < 1.29 is 14.3 Å². The molecular weight excluding hydrogens is 244 g/mol. The minimum Gasteiger partial charge on any atom is -0.458 e. The molecule has 0 aliphatic heterocycles. The van der Waals surface area contributed by atoms with Crippen LogP contribution in [0.5, 0.6) is 0 Å². The van der Waals surface area contributed by atoms with Gasteiger partial charge in [0, 0.05) is 13.0 Å². The van der Waals surface area contributed by atoms with Gasteiger partial charge in [0.05, 0.1) is 17.8 Å². The highest BCUT2D eigenvalue weighted by atomic mass is 35.5. The minimum absolute atomic E-state index is 0.0986. The molecule has 1 heterocycles. The van der Waals surface area contributed by atoms with Crippen molar-refractivity contribution in [3.05, 3.63) is 22.7 Å². The maximum atomic E-state index is 11.7. The predicted molar refractivity (Wildman–Crippen MR) is 63.3 cm³/mol. The molecule has 6 heteroatoms. The number of hydrogen-bond acceptors (Lipinski definition) is 5. The topological polar surface area (TPSA) is 61.3 Å². The third kappa shape index (κ3) is 3.94. The summed E-state index contributed by atoms with van der Waals surface area (Å²) < 4.78 is 9.72. The fourth-order valence-electron chi connectivity index (χ4n) is 1.09. The molecule has 0 unspecified atom stereocenters. The van der Waals surface area contributed by atoms with Crippen LogP contribution in [0, 0.1) is 0 Å². The maximum absolute atomic E-state index is 11.7. The van der Waals surface area contributed by atoms with Crippen LogP contribution < -0.4 is 0 Å². The average Bonchev–Trinajstić information content (AvgIpc) is 2.29. The predicted octanol–water partition coefficient (Wildman–Crippen LogP) is 2.06. The van der Waals surface area contributed by atoms with Crippen LogP contribution in [0.4, 0.5) is 0 Å². The Bertz CT molecular complexity index is 396. The number of esters is 1. The molecule has 0 N–H and O–H groups in total. The zero-order chi connectivity index (χ0) is 12.8. The summed E-state index contributed by atoms with van der Waals surface area (Å²) in [5.41, 5.74) is 0.0986. The molecule has 0 bridgehead atoms. The van der Waals surface area contributed by atoms with Gasteiger partial charge in [-0.3, -0.25) is 0 Å². The van der Waals surface area contributed by atoms with Crippen molar-refractivity contribution in [3.8, 4) is 0 Å². The molecule has 5 nitrogen and oxygen atoms in total. The van der Waals surface area contributed by atoms with Crippen LogP contribution in [-0.4, -0.2) is 36.3 Å². The summed E-state index contributed by atoms with van der Waals surface area (Å²) in [6.07, 6.45) is 1.41. The van der Waals surface area contributed by atoms with Gasteiger partial charge in [0.1, 0.15) is 12.4 Å². The van der Waals surface area contributed by atoms with E-state index in [1.807, 2.05) is 13.8 Å². The normalized spacial score (nSPS) is 10.6. The van der Waals surface area contributed by atoms with Gasteiger partial charge in [0.15, 0.2) is 5.69 Å². The van der Waals surface area contributed by atoms with E-state index in [1.54, 1.807) is 0 Å². The zero-order valence-electron chi connectivity index (χ0n) is 10.1. The second-order valence-electron chi connectivity index (χ2n) is 3.71. The standard InChI is InChI=1S/C11H15ClN2O3/c1-7(2)10-13-6-8(12)9(14-10)11(15)17-5-4-16-3/h6-7H,4-5H2,1-3H3. The summed E-state index contributed by atoms with van der Waals surface area (Å²) in [6, 6.07) is 0. The molecule has 0 saturated heterocycles. The van der Waals surface area contributed by atoms with E-state index in [4.69, 9.17) is 21.1 Å². The number of carbonyl (C=O) groups excluding carboxylic acids is 1. The first kappa shape index (κ1) is 13.9. The first-order chi connectivity index (χ1) is 8.06. The second-order valence-corrected chi connectivity index (χ2v) is 4.12. The molecular formula is C11H15ClN2O3. The molecule has 0 saturated carbocycles. The Morgan fingerprint density at radius 1 is 1.47 bits per heavy atom. The Hall–Kier alpha value is -1.20. The highest BCUT2D eigenvalue weighted by molar-refractivity contribution is 6.33. The van der Waals surface area contributed by atoms with Gasteiger partial charge in [-0.15, -0.1) is 0 Å². The lowest BCUT2D eigenvalue weighted by molar-refractivity contribution is 0.0381. The SMILES string of the molecule is COCCOC(=O)c1nc(C(C)C)ncc1Cl. The van der Waals surface area contributed by atoms with Gasteiger partial charge in [-0.2, -0.15) is 0 Å². The quantitative estimate of drug-likeness (QED) is 0.598. The molecule has 1 aromatic rings.